The van der Waals surface area contributed by atoms with Gasteiger partial charge in [0.2, 0.25) is 5.91 Å². The lowest BCUT2D eigenvalue weighted by atomic mass is 10.4. The zero-order chi connectivity index (χ0) is 9.84. The largest absolute Gasteiger partial charge is 0.337 e. The van der Waals surface area contributed by atoms with Crippen LogP contribution in [0.25, 0.3) is 0 Å². The summed E-state index contributed by atoms with van der Waals surface area (Å²) in [6.45, 7) is 4.00. The lowest BCUT2D eigenvalue weighted by Gasteiger charge is -2.12. The highest BCUT2D eigenvalue weighted by Gasteiger charge is 2.06. The molecule has 4 heteroatoms. The molecule has 1 rings (SSSR count). The summed E-state index contributed by atoms with van der Waals surface area (Å²) in [6.07, 6.45) is 1.30. The third kappa shape index (κ3) is 2.86. The maximum Gasteiger partial charge on any atom is 0.246 e. The van der Waals surface area contributed by atoms with Crippen LogP contribution in [0.15, 0.2) is 24.8 Å². The average molecular weight is 216 g/mol. The van der Waals surface area contributed by atoms with Crippen LogP contribution < -0.4 is 0 Å². The van der Waals surface area contributed by atoms with Gasteiger partial charge >= 0.3 is 0 Å². The van der Waals surface area contributed by atoms with E-state index in [-0.39, 0.29) is 5.91 Å². The van der Waals surface area contributed by atoms with Crippen LogP contribution in [0.3, 0.4) is 0 Å². The lowest BCUT2D eigenvalue weighted by Crippen LogP contribution is -2.23. The van der Waals surface area contributed by atoms with Crippen molar-refractivity contribution in [3.05, 3.63) is 34.0 Å². The molecule has 1 amide bonds. The third-order valence-electron chi connectivity index (χ3n) is 1.57. The smallest absolute Gasteiger partial charge is 0.246 e. The molecule has 0 saturated carbocycles. The van der Waals surface area contributed by atoms with Gasteiger partial charge in [-0.2, -0.15) is 0 Å². The predicted octanol–water partition coefficient (Wildman–Crippen LogP) is 2.55. The molecule has 1 aromatic heterocycles. The number of carbonyl (C=O) groups is 1. The Balaban J connectivity index is 2.59. The molecule has 0 saturated heterocycles. The molecule has 0 radical (unpaired) electrons. The highest BCUT2D eigenvalue weighted by atomic mass is 35.5. The highest BCUT2D eigenvalue weighted by Crippen LogP contribution is 2.22. The minimum atomic E-state index is -0.0791. The Hall–Kier alpha value is -0.800. The number of nitrogens with zero attached hydrogens (tertiary/aromatic N) is 1. The Morgan fingerprint density at radius 2 is 2.46 bits per heavy atom. The third-order valence-corrected chi connectivity index (χ3v) is 2.79. The van der Waals surface area contributed by atoms with Crippen molar-refractivity contribution >= 4 is 28.8 Å². The summed E-state index contributed by atoms with van der Waals surface area (Å²) in [5.74, 6) is -0.0791. The molecule has 13 heavy (non-hydrogen) atoms. The van der Waals surface area contributed by atoms with E-state index in [0.717, 1.165) is 9.21 Å². The first-order valence-corrected chi connectivity index (χ1v) is 4.94. The van der Waals surface area contributed by atoms with Crippen LogP contribution in [-0.2, 0) is 11.3 Å². The number of halogens is 1. The van der Waals surface area contributed by atoms with Gasteiger partial charge in [-0.1, -0.05) is 18.2 Å². The standard InChI is InChI=1S/C9H10ClNOS/c1-3-9(12)11(2)6-7-4-5-8(10)13-7/h3-5H,1,6H2,2H3. The van der Waals surface area contributed by atoms with Gasteiger partial charge in [0.15, 0.2) is 0 Å². The van der Waals surface area contributed by atoms with E-state index in [0.29, 0.717) is 6.54 Å². The second kappa shape index (κ2) is 4.44. The molecule has 0 atom stereocenters. The fourth-order valence-corrected chi connectivity index (χ4v) is 2.05. The molecular formula is C9H10ClNOS. The number of carbonyl (C=O) groups excluding carboxylic acids is 1. The van der Waals surface area contributed by atoms with E-state index in [1.165, 1.54) is 17.4 Å². The second-order valence-electron chi connectivity index (χ2n) is 2.60. The van der Waals surface area contributed by atoms with Crippen LogP contribution in [0.4, 0.5) is 0 Å². The van der Waals surface area contributed by atoms with Crippen molar-refractivity contribution in [2.45, 2.75) is 6.54 Å². The van der Waals surface area contributed by atoms with Crippen LogP contribution in [0, 0.1) is 0 Å². The van der Waals surface area contributed by atoms with Gasteiger partial charge in [0.1, 0.15) is 0 Å². The van der Waals surface area contributed by atoms with Crippen LogP contribution in [-0.4, -0.2) is 17.9 Å². The number of thiophene rings is 1. The van der Waals surface area contributed by atoms with E-state index in [9.17, 15) is 4.79 Å². The zero-order valence-electron chi connectivity index (χ0n) is 7.29. The SMILES string of the molecule is C=CC(=O)N(C)Cc1ccc(Cl)s1. The Bertz CT molecular complexity index is 321. The molecule has 2 nitrogen and oxygen atoms in total. The van der Waals surface area contributed by atoms with Gasteiger partial charge in [0, 0.05) is 11.9 Å². The molecule has 0 spiro atoms. The van der Waals surface area contributed by atoms with Gasteiger partial charge in [0.05, 0.1) is 10.9 Å². The molecule has 0 unspecified atom stereocenters. The van der Waals surface area contributed by atoms with E-state index in [1.807, 2.05) is 12.1 Å². The van der Waals surface area contributed by atoms with Crippen molar-refractivity contribution in [2.75, 3.05) is 7.05 Å². The monoisotopic (exact) mass is 215 g/mol. The van der Waals surface area contributed by atoms with Crippen molar-refractivity contribution < 1.29 is 4.79 Å². The summed E-state index contributed by atoms with van der Waals surface area (Å²) in [6, 6.07) is 3.74. The van der Waals surface area contributed by atoms with Gasteiger partial charge < -0.3 is 4.90 Å². The van der Waals surface area contributed by atoms with Crippen LogP contribution in [0.1, 0.15) is 4.88 Å². The molecular weight excluding hydrogens is 206 g/mol. The van der Waals surface area contributed by atoms with Crippen LogP contribution >= 0.6 is 22.9 Å². The highest BCUT2D eigenvalue weighted by molar-refractivity contribution is 7.16. The molecule has 1 heterocycles. The zero-order valence-corrected chi connectivity index (χ0v) is 8.86. The Morgan fingerprint density at radius 1 is 1.77 bits per heavy atom. The van der Waals surface area contributed by atoms with Crippen molar-refractivity contribution in [1.82, 2.24) is 4.90 Å². The normalized spacial score (nSPS) is 9.69. The van der Waals surface area contributed by atoms with E-state index in [1.54, 1.807) is 11.9 Å². The number of hydrogen-bond acceptors (Lipinski definition) is 2. The Kier molecular flexibility index (Phi) is 3.51. The Labute approximate surface area is 86.4 Å². The van der Waals surface area contributed by atoms with Gasteiger partial charge in [0.25, 0.3) is 0 Å². The minimum absolute atomic E-state index is 0.0791. The fraction of sp³-hybridized carbons (Fsp3) is 0.222. The number of hydrogen-bond donors (Lipinski definition) is 0. The molecule has 0 aliphatic rings. The maximum absolute atomic E-state index is 11.1. The summed E-state index contributed by atoms with van der Waals surface area (Å²) in [7, 11) is 1.73. The van der Waals surface area contributed by atoms with Gasteiger partial charge in [-0.25, -0.2) is 0 Å². The van der Waals surface area contributed by atoms with Crippen molar-refractivity contribution in [3.63, 3.8) is 0 Å². The van der Waals surface area contributed by atoms with Gasteiger partial charge in [-0.05, 0) is 18.2 Å². The average Bonchev–Trinajstić information content (AvgIpc) is 2.49. The summed E-state index contributed by atoms with van der Waals surface area (Å²) < 4.78 is 0.745. The Morgan fingerprint density at radius 3 is 2.92 bits per heavy atom. The summed E-state index contributed by atoms with van der Waals surface area (Å²) in [4.78, 5) is 13.8. The minimum Gasteiger partial charge on any atom is -0.337 e. The van der Waals surface area contributed by atoms with E-state index < -0.39 is 0 Å². The topological polar surface area (TPSA) is 20.3 Å². The first-order valence-electron chi connectivity index (χ1n) is 3.75. The van der Waals surface area contributed by atoms with Crippen molar-refractivity contribution in [3.8, 4) is 0 Å². The molecule has 70 valence electrons. The van der Waals surface area contributed by atoms with Gasteiger partial charge in [-0.3, -0.25) is 4.79 Å². The predicted molar refractivity (Wildman–Crippen MR) is 56.0 cm³/mol. The summed E-state index contributed by atoms with van der Waals surface area (Å²) >= 11 is 7.23. The van der Waals surface area contributed by atoms with Crippen LogP contribution in [0.5, 0.6) is 0 Å². The number of rotatable bonds is 3. The number of likely N-dealkylation sites (N-methyl/N-ethyl adjacent to an activating group) is 1. The second-order valence-corrected chi connectivity index (χ2v) is 4.40. The van der Waals surface area contributed by atoms with Crippen molar-refractivity contribution in [2.24, 2.45) is 0 Å². The van der Waals surface area contributed by atoms with Crippen molar-refractivity contribution in [1.29, 1.82) is 0 Å². The molecule has 0 aliphatic carbocycles. The lowest BCUT2D eigenvalue weighted by molar-refractivity contribution is -0.125. The van der Waals surface area contributed by atoms with E-state index in [2.05, 4.69) is 6.58 Å². The first-order chi connectivity index (χ1) is 6.13. The summed E-state index contributed by atoms with van der Waals surface area (Å²) in [5.41, 5.74) is 0. The molecule has 0 fully saturated rings. The van der Waals surface area contributed by atoms with Crippen LogP contribution in [0.2, 0.25) is 4.34 Å². The molecule has 0 aromatic carbocycles. The fourth-order valence-electron chi connectivity index (χ4n) is 0.904. The van der Waals surface area contributed by atoms with Gasteiger partial charge in [-0.15, -0.1) is 11.3 Å². The molecule has 0 aliphatic heterocycles. The molecule has 0 N–H and O–H groups in total. The maximum atomic E-state index is 11.1. The summed E-state index contributed by atoms with van der Waals surface area (Å²) in [5, 5.41) is 0. The number of amides is 1. The molecule has 0 bridgehead atoms. The van der Waals surface area contributed by atoms with E-state index in [4.69, 9.17) is 11.6 Å². The molecule has 1 aromatic rings. The van der Waals surface area contributed by atoms with E-state index >= 15 is 0 Å². The quantitative estimate of drug-likeness (QED) is 0.710. The first kappa shape index (κ1) is 10.3.